The molecule has 20 heavy (non-hydrogen) atoms. The maximum atomic E-state index is 12.3. The number of amides is 1. The zero-order valence-corrected chi connectivity index (χ0v) is 13.5. The highest BCUT2D eigenvalue weighted by atomic mass is 35.5. The summed E-state index contributed by atoms with van der Waals surface area (Å²) in [5, 5.41) is 6.56. The smallest absolute Gasteiger partial charge is 0.261 e. The first-order valence-electron chi connectivity index (χ1n) is 7.37. The molecule has 0 saturated carbocycles. The van der Waals surface area contributed by atoms with Crippen LogP contribution in [0.5, 0.6) is 0 Å². The lowest BCUT2D eigenvalue weighted by Gasteiger charge is -2.30. The van der Waals surface area contributed by atoms with Gasteiger partial charge in [-0.3, -0.25) is 4.79 Å². The van der Waals surface area contributed by atoms with Crippen molar-refractivity contribution in [2.24, 2.45) is 5.92 Å². The van der Waals surface area contributed by atoms with Crippen LogP contribution in [0.15, 0.2) is 6.07 Å². The Morgan fingerprint density at radius 2 is 2.20 bits per heavy atom. The second kappa shape index (κ2) is 6.92. The minimum absolute atomic E-state index is 0. The fourth-order valence-electron chi connectivity index (χ4n) is 3.03. The molecular weight excluding hydrogens is 292 g/mol. The van der Waals surface area contributed by atoms with E-state index in [1.54, 1.807) is 11.3 Å². The van der Waals surface area contributed by atoms with Crippen molar-refractivity contribution >= 4 is 29.7 Å². The summed E-state index contributed by atoms with van der Waals surface area (Å²) in [7, 11) is 0. The summed E-state index contributed by atoms with van der Waals surface area (Å²) in [6.07, 6.45) is 6.01. The first-order valence-corrected chi connectivity index (χ1v) is 8.19. The number of hydrogen-bond donors (Lipinski definition) is 2. The van der Waals surface area contributed by atoms with E-state index in [2.05, 4.69) is 23.6 Å². The third-order valence-corrected chi connectivity index (χ3v) is 5.60. The van der Waals surface area contributed by atoms with Crippen molar-refractivity contribution in [3.05, 3.63) is 21.4 Å². The highest BCUT2D eigenvalue weighted by Gasteiger charge is 2.24. The maximum absolute atomic E-state index is 12.3. The number of piperidine rings is 1. The molecule has 2 heterocycles. The molecule has 0 aromatic carbocycles. The summed E-state index contributed by atoms with van der Waals surface area (Å²) in [6.45, 7) is 4.20. The molecule has 2 unspecified atom stereocenters. The molecule has 0 radical (unpaired) electrons. The van der Waals surface area contributed by atoms with Crippen molar-refractivity contribution in [2.45, 2.75) is 45.1 Å². The first-order chi connectivity index (χ1) is 9.24. The van der Waals surface area contributed by atoms with Gasteiger partial charge in [-0.1, -0.05) is 6.92 Å². The van der Waals surface area contributed by atoms with Crippen LogP contribution >= 0.6 is 23.7 Å². The van der Waals surface area contributed by atoms with E-state index in [9.17, 15) is 4.79 Å². The summed E-state index contributed by atoms with van der Waals surface area (Å²) in [6, 6.07) is 2.40. The molecule has 2 aliphatic rings. The van der Waals surface area contributed by atoms with Gasteiger partial charge in [-0.15, -0.1) is 23.7 Å². The van der Waals surface area contributed by atoms with Crippen LogP contribution in [0.1, 0.15) is 46.3 Å². The van der Waals surface area contributed by atoms with Crippen LogP contribution in [0.2, 0.25) is 0 Å². The van der Waals surface area contributed by atoms with Crippen molar-refractivity contribution < 1.29 is 4.79 Å². The van der Waals surface area contributed by atoms with Crippen LogP contribution in [0.3, 0.4) is 0 Å². The van der Waals surface area contributed by atoms with Gasteiger partial charge in [0.2, 0.25) is 0 Å². The Kier molecular flexibility index (Phi) is 5.47. The lowest BCUT2D eigenvalue weighted by molar-refractivity contribution is 0.0919. The number of thiophene rings is 1. The topological polar surface area (TPSA) is 41.1 Å². The van der Waals surface area contributed by atoms with E-state index in [0.717, 1.165) is 37.2 Å². The molecule has 1 aliphatic heterocycles. The Hall–Kier alpha value is -0.580. The predicted octanol–water partition coefficient (Wildman–Crippen LogP) is 2.78. The standard InChI is InChI=1S/C15H22N2OS.ClH/c1-10-6-7-16-9-12(10)17-15(18)14-8-11-4-2-3-5-13(11)19-14;/h8,10,12,16H,2-7,9H2,1H3,(H,17,18);1H. The number of nitrogens with one attached hydrogen (secondary N) is 2. The third-order valence-electron chi connectivity index (χ3n) is 4.36. The summed E-state index contributed by atoms with van der Waals surface area (Å²) in [5.74, 6) is 0.694. The Balaban J connectivity index is 0.00000147. The predicted molar refractivity (Wildman–Crippen MR) is 86.1 cm³/mol. The van der Waals surface area contributed by atoms with Gasteiger partial charge >= 0.3 is 0 Å². The van der Waals surface area contributed by atoms with Crippen molar-refractivity contribution in [1.29, 1.82) is 0 Å². The number of hydrogen-bond acceptors (Lipinski definition) is 3. The Morgan fingerprint density at radius 1 is 1.40 bits per heavy atom. The second-order valence-electron chi connectivity index (χ2n) is 5.82. The first kappa shape index (κ1) is 15.8. The molecule has 1 saturated heterocycles. The molecule has 2 N–H and O–H groups in total. The molecule has 112 valence electrons. The number of aryl methyl sites for hydroxylation is 2. The third kappa shape index (κ3) is 3.35. The monoisotopic (exact) mass is 314 g/mol. The van der Waals surface area contributed by atoms with E-state index in [4.69, 9.17) is 0 Å². The highest BCUT2D eigenvalue weighted by molar-refractivity contribution is 7.14. The van der Waals surface area contributed by atoms with Crippen LogP contribution in [0.25, 0.3) is 0 Å². The van der Waals surface area contributed by atoms with Crippen molar-refractivity contribution in [3.8, 4) is 0 Å². The van der Waals surface area contributed by atoms with Gasteiger partial charge in [0.05, 0.1) is 4.88 Å². The normalized spacial score (nSPS) is 25.4. The minimum Gasteiger partial charge on any atom is -0.347 e. The molecule has 0 spiro atoms. The molecule has 2 atom stereocenters. The maximum Gasteiger partial charge on any atom is 0.261 e. The molecule has 1 aliphatic carbocycles. The van der Waals surface area contributed by atoms with Gasteiger partial charge in [0, 0.05) is 17.5 Å². The second-order valence-corrected chi connectivity index (χ2v) is 6.95. The zero-order chi connectivity index (χ0) is 13.2. The lowest BCUT2D eigenvalue weighted by Crippen LogP contribution is -2.50. The zero-order valence-electron chi connectivity index (χ0n) is 11.9. The van der Waals surface area contributed by atoms with E-state index in [1.165, 1.54) is 23.3 Å². The molecule has 3 nitrogen and oxygen atoms in total. The van der Waals surface area contributed by atoms with Crippen LogP contribution in [-0.2, 0) is 12.8 Å². The van der Waals surface area contributed by atoms with Crippen molar-refractivity contribution in [1.82, 2.24) is 10.6 Å². The van der Waals surface area contributed by atoms with Crippen LogP contribution in [0.4, 0.5) is 0 Å². The Bertz CT molecular complexity index is 451. The van der Waals surface area contributed by atoms with Gasteiger partial charge in [-0.05, 0) is 56.2 Å². The molecule has 3 rings (SSSR count). The molecule has 1 amide bonds. The Morgan fingerprint density at radius 3 is 2.95 bits per heavy atom. The van der Waals surface area contributed by atoms with Gasteiger partial charge in [-0.25, -0.2) is 0 Å². The average molecular weight is 315 g/mol. The van der Waals surface area contributed by atoms with Gasteiger partial charge in [0.15, 0.2) is 0 Å². The molecule has 1 fully saturated rings. The van der Waals surface area contributed by atoms with Crippen molar-refractivity contribution in [3.63, 3.8) is 0 Å². The fraction of sp³-hybridized carbons (Fsp3) is 0.667. The van der Waals surface area contributed by atoms with Gasteiger partial charge in [0.1, 0.15) is 0 Å². The van der Waals surface area contributed by atoms with Crippen LogP contribution < -0.4 is 10.6 Å². The molecule has 1 aromatic heterocycles. The van der Waals surface area contributed by atoms with Crippen LogP contribution in [-0.4, -0.2) is 25.0 Å². The van der Waals surface area contributed by atoms with E-state index < -0.39 is 0 Å². The SMILES string of the molecule is CC1CCNCC1NC(=O)c1cc2c(s1)CCCC2.Cl. The van der Waals surface area contributed by atoms with Crippen molar-refractivity contribution in [2.75, 3.05) is 13.1 Å². The van der Waals surface area contributed by atoms with Gasteiger partial charge in [-0.2, -0.15) is 0 Å². The number of halogens is 1. The number of carbonyl (C=O) groups is 1. The lowest BCUT2D eigenvalue weighted by atomic mass is 9.95. The molecular formula is C15H23ClN2OS. The number of carbonyl (C=O) groups excluding carboxylic acids is 1. The van der Waals surface area contributed by atoms with Gasteiger partial charge < -0.3 is 10.6 Å². The van der Waals surface area contributed by atoms with E-state index in [-0.39, 0.29) is 24.4 Å². The van der Waals surface area contributed by atoms with E-state index >= 15 is 0 Å². The summed E-state index contributed by atoms with van der Waals surface area (Å²) in [4.78, 5) is 14.7. The van der Waals surface area contributed by atoms with E-state index in [1.807, 2.05) is 0 Å². The highest BCUT2D eigenvalue weighted by Crippen LogP contribution is 2.29. The fourth-order valence-corrected chi connectivity index (χ4v) is 4.18. The molecule has 5 heteroatoms. The van der Waals surface area contributed by atoms with E-state index in [0.29, 0.717) is 5.92 Å². The molecule has 0 bridgehead atoms. The quantitative estimate of drug-likeness (QED) is 0.881. The number of fused-ring (bicyclic) bond motifs is 1. The largest absolute Gasteiger partial charge is 0.347 e. The molecule has 1 aromatic rings. The van der Waals surface area contributed by atoms with Crippen LogP contribution in [0, 0.1) is 5.92 Å². The summed E-state index contributed by atoms with van der Waals surface area (Å²) >= 11 is 1.70. The average Bonchev–Trinajstić information content (AvgIpc) is 2.85. The Labute approximate surface area is 130 Å². The summed E-state index contributed by atoms with van der Waals surface area (Å²) in [5.41, 5.74) is 1.41. The summed E-state index contributed by atoms with van der Waals surface area (Å²) < 4.78 is 0. The van der Waals surface area contributed by atoms with Gasteiger partial charge in [0.25, 0.3) is 5.91 Å². The number of rotatable bonds is 2. The minimum atomic E-state index is 0.